The van der Waals surface area contributed by atoms with E-state index in [0.29, 0.717) is 5.02 Å². The molecule has 0 aliphatic carbocycles. The highest BCUT2D eigenvalue weighted by molar-refractivity contribution is 6.42. The Kier molecular flexibility index (Phi) is 2.96. The zero-order valence-corrected chi connectivity index (χ0v) is 9.00. The van der Waals surface area contributed by atoms with Crippen LogP contribution in [0.25, 0.3) is 0 Å². The van der Waals surface area contributed by atoms with E-state index in [1.54, 1.807) is 0 Å². The van der Waals surface area contributed by atoms with Gasteiger partial charge in [0.25, 0.3) is 0 Å². The van der Waals surface area contributed by atoms with E-state index in [0.717, 1.165) is 24.9 Å². The second-order valence-electron chi connectivity index (χ2n) is 3.44. The van der Waals surface area contributed by atoms with Crippen LogP contribution < -0.4 is 5.32 Å². The number of halogens is 3. The van der Waals surface area contributed by atoms with E-state index in [2.05, 4.69) is 5.32 Å². The molecule has 1 fully saturated rings. The van der Waals surface area contributed by atoms with Crippen molar-refractivity contribution in [3.05, 3.63) is 33.6 Å². The maximum absolute atomic E-state index is 13.1. The van der Waals surface area contributed by atoms with Crippen LogP contribution in [0.1, 0.15) is 24.4 Å². The van der Waals surface area contributed by atoms with Crippen LogP contribution in [0.5, 0.6) is 0 Å². The minimum Gasteiger partial charge on any atom is -0.310 e. The third-order valence-electron chi connectivity index (χ3n) is 2.46. The highest BCUT2D eigenvalue weighted by Gasteiger charge is 2.20. The van der Waals surface area contributed by atoms with Gasteiger partial charge in [-0.05, 0) is 37.1 Å². The molecule has 0 aromatic heterocycles. The molecule has 0 unspecified atom stereocenters. The molecule has 14 heavy (non-hydrogen) atoms. The summed E-state index contributed by atoms with van der Waals surface area (Å²) in [7, 11) is 0. The summed E-state index contributed by atoms with van der Waals surface area (Å²) in [6.45, 7) is 0.953. The highest BCUT2D eigenvalue weighted by Crippen LogP contribution is 2.34. The van der Waals surface area contributed by atoms with Crippen molar-refractivity contribution in [3.63, 3.8) is 0 Å². The minimum atomic E-state index is -0.330. The lowest BCUT2D eigenvalue weighted by Gasteiger charge is -2.13. The molecule has 1 aliphatic rings. The number of hydrogen-bond donors (Lipinski definition) is 1. The fourth-order valence-corrected chi connectivity index (χ4v) is 2.23. The molecule has 0 amide bonds. The van der Waals surface area contributed by atoms with E-state index < -0.39 is 0 Å². The van der Waals surface area contributed by atoms with Crippen molar-refractivity contribution in [2.24, 2.45) is 0 Å². The van der Waals surface area contributed by atoms with Crippen molar-refractivity contribution in [1.82, 2.24) is 5.32 Å². The highest BCUT2D eigenvalue weighted by atomic mass is 35.5. The zero-order chi connectivity index (χ0) is 10.1. The van der Waals surface area contributed by atoms with Gasteiger partial charge in [-0.1, -0.05) is 23.2 Å². The summed E-state index contributed by atoms with van der Waals surface area (Å²) < 4.78 is 13.1. The van der Waals surface area contributed by atoms with Crippen molar-refractivity contribution in [3.8, 4) is 0 Å². The van der Waals surface area contributed by atoms with Crippen molar-refractivity contribution in [2.45, 2.75) is 18.9 Å². The van der Waals surface area contributed by atoms with Gasteiger partial charge in [0.15, 0.2) is 0 Å². The first-order valence-electron chi connectivity index (χ1n) is 4.56. The van der Waals surface area contributed by atoms with Crippen LogP contribution in [0, 0.1) is 5.82 Å². The largest absolute Gasteiger partial charge is 0.310 e. The Morgan fingerprint density at radius 2 is 2.14 bits per heavy atom. The zero-order valence-electron chi connectivity index (χ0n) is 7.49. The molecule has 1 heterocycles. The third-order valence-corrected chi connectivity index (χ3v) is 3.27. The quantitative estimate of drug-likeness (QED) is 0.732. The van der Waals surface area contributed by atoms with Crippen LogP contribution in [0.4, 0.5) is 4.39 Å². The Bertz CT molecular complexity index is 348. The Morgan fingerprint density at radius 1 is 1.36 bits per heavy atom. The number of hydrogen-bond acceptors (Lipinski definition) is 1. The number of benzene rings is 1. The van der Waals surface area contributed by atoms with Gasteiger partial charge in [-0.25, -0.2) is 4.39 Å². The average Bonchev–Trinajstić information content (AvgIpc) is 2.63. The summed E-state index contributed by atoms with van der Waals surface area (Å²) >= 11 is 11.8. The van der Waals surface area contributed by atoms with Gasteiger partial charge in [0.2, 0.25) is 0 Å². The maximum atomic E-state index is 13.1. The summed E-state index contributed by atoms with van der Waals surface area (Å²) in [5, 5.41) is 4.01. The molecule has 0 radical (unpaired) electrons. The number of rotatable bonds is 1. The molecule has 1 N–H and O–H groups in total. The predicted octanol–water partition coefficient (Wildman–Crippen LogP) is 3.56. The van der Waals surface area contributed by atoms with Gasteiger partial charge in [0, 0.05) is 6.04 Å². The molecule has 76 valence electrons. The second-order valence-corrected chi connectivity index (χ2v) is 4.22. The van der Waals surface area contributed by atoms with Crippen LogP contribution in [0.2, 0.25) is 10.0 Å². The van der Waals surface area contributed by atoms with E-state index >= 15 is 0 Å². The third kappa shape index (κ3) is 1.88. The summed E-state index contributed by atoms with van der Waals surface area (Å²) in [6.07, 6.45) is 2.08. The average molecular weight is 234 g/mol. The SMILES string of the molecule is Fc1cc(Cl)c(Cl)c([C@@H]2CCCN2)c1. The van der Waals surface area contributed by atoms with E-state index in [1.165, 1.54) is 12.1 Å². The molecule has 2 rings (SSSR count). The monoisotopic (exact) mass is 233 g/mol. The van der Waals surface area contributed by atoms with Gasteiger partial charge in [-0.15, -0.1) is 0 Å². The first-order chi connectivity index (χ1) is 6.68. The van der Waals surface area contributed by atoms with E-state index in [-0.39, 0.29) is 16.9 Å². The van der Waals surface area contributed by atoms with Crippen LogP contribution in [-0.2, 0) is 0 Å². The van der Waals surface area contributed by atoms with Crippen molar-refractivity contribution in [2.75, 3.05) is 6.54 Å². The van der Waals surface area contributed by atoms with E-state index in [9.17, 15) is 4.39 Å². The lowest BCUT2D eigenvalue weighted by molar-refractivity contribution is 0.607. The van der Waals surface area contributed by atoms with E-state index in [1.807, 2.05) is 0 Å². The number of nitrogens with one attached hydrogen (secondary N) is 1. The fraction of sp³-hybridized carbons (Fsp3) is 0.400. The van der Waals surface area contributed by atoms with Gasteiger partial charge in [-0.2, -0.15) is 0 Å². The standard InChI is InChI=1S/C10H10Cl2FN/c11-8-5-6(13)4-7(10(8)12)9-2-1-3-14-9/h4-5,9,14H,1-3H2/t9-/m0/s1. The van der Waals surface area contributed by atoms with Crippen molar-refractivity contribution in [1.29, 1.82) is 0 Å². The van der Waals surface area contributed by atoms with Crippen LogP contribution in [0.3, 0.4) is 0 Å². The lowest BCUT2D eigenvalue weighted by atomic mass is 10.1. The van der Waals surface area contributed by atoms with Crippen molar-refractivity contribution < 1.29 is 4.39 Å². The van der Waals surface area contributed by atoms with Gasteiger partial charge < -0.3 is 5.32 Å². The summed E-state index contributed by atoms with van der Waals surface area (Å²) in [6, 6.07) is 2.84. The Morgan fingerprint density at radius 3 is 2.79 bits per heavy atom. The molecular weight excluding hydrogens is 224 g/mol. The van der Waals surface area contributed by atoms with Gasteiger partial charge >= 0.3 is 0 Å². The predicted molar refractivity (Wildman–Crippen MR) is 56.4 cm³/mol. The van der Waals surface area contributed by atoms with Crippen molar-refractivity contribution >= 4 is 23.2 Å². The molecule has 1 aromatic carbocycles. The molecule has 1 saturated heterocycles. The normalized spacial score (nSPS) is 21.5. The Labute approximate surface area is 92.2 Å². The maximum Gasteiger partial charge on any atom is 0.125 e. The molecule has 1 atom stereocenters. The Balaban J connectivity index is 2.40. The molecule has 1 aromatic rings. The summed E-state index contributed by atoms with van der Waals surface area (Å²) in [5.74, 6) is -0.330. The van der Waals surface area contributed by atoms with Gasteiger partial charge in [0.05, 0.1) is 10.0 Å². The lowest BCUT2D eigenvalue weighted by Crippen LogP contribution is -2.13. The second kappa shape index (κ2) is 4.05. The van der Waals surface area contributed by atoms with Crippen LogP contribution in [-0.4, -0.2) is 6.54 Å². The fourth-order valence-electron chi connectivity index (χ4n) is 1.78. The molecule has 1 aliphatic heterocycles. The molecule has 0 bridgehead atoms. The molecule has 4 heteroatoms. The Hall–Kier alpha value is -0.310. The summed E-state index contributed by atoms with van der Waals surface area (Å²) in [5.41, 5.74) is 0.772. The first kappa shape index (κ1) is 10.2. The minimum absolute atomic E-state index is 0.149. The summed E-state index contributed by atoms with van der Waals surface area (Å²) in [4.78, 5) is 0. The van der Waals surface area contributed by atoms with Crippen LogP contribution in [0.15, 0.2) is 12.1 Å². The molecule has 0 saturated carbocycles. The van der Waals surface area contributed by atoms with Crippen LogP contribution >= 0.6 is 23.2 Å². The molecule has 0 spiro atoms. The van der Waals surface area contributed by atoms with E-state index in [4.69, 9.17) is 23.2 Å². The van der Waals surface area contributed by atoms with Gasteiger partial charge in [0.1, 0.15) is 5.82 Å². The molecule has 1 nitrogen and oxygen atoms in total. The first-order valence-corrected chi connectivity index (χ1v) is 5.32. The topological polar surface area (TPSA) is 12.0 Å². The van der Waals surface area contributed by atoms with Gasteiger partial charge in [-0.3, -0.25) is 0 Å². The molecular formula is C10H10Cl2FN. The smallest absolute Gasteiger partial charge is 0.125 e.